The van der Waals surface area contributed by atoms with E-state index < -0.39 is 41.6 Å². The molecule has 2 aliphatic heterocycles. The molecule has 2 aromatic carbocycles. The molecule has 0 saturated carbocycles. The number of pyridine rings is 1. The summed E-state index contributed by atoms with van der Waals surface area (Å²) in [5.74, 6) is -1.17. The van der Waals surface area contributed by atoms with E-state index in [0.29, 0.717) is 17.9 Å². The average Bonchev–Trinajstić information content (AvgIpc) is 3.08. The monoisotopic (exact) mass is 701 g/mol. The molecular weight excluding hydrogens is 667 g/mol. The minimum Gasteiger partial charge on any atom is -0.469 e. The van der Waals surface area contributed by atoms with Gasteiger partial charge in [0.25, 0.3) is 11.8 Å². The van der Waals surface area contributed by atoms with Crippen molar-refractivity contribution in [2.75, 3.05) is 17.7 Å². The highest BCUT2D eigenvalue weighted by Gasteiger charge is 2.53. The predicted molar refractivity (Wildman–Crippen MR) is 188 cm³/mol. The molecule has 1 saturated heterocycles. The molecule has 2 N–H and O–H groups in total. The van der Waals surface area contributed by atoms with E-state index in [2.05, 4.69) is 20.8 Å². The summed E-state index contributed by atoms with van der Waals surface area (Å²) in [5, 5.41) is 8.74. The molecular formula is C35H35N5O7S2. The summed E-state index contributed by atoms with van der Waals surface area (Å²) in [5.41, 5.74) is 2.13. The van der Waals surface area contributed by atoms with Gasteiger partial charge in [0.05, 0.1) is 5.70 Å². The first-order valence-electron chi connectivity index (χ1n) is 15.3. The van der Waals surface area contributed by atoms with Gasteiger partial charge in [-0.2, -0.15) is 0 Å². The fraction of sp³-hybridized carbons (Fsp3) is 0.286. The smallest absolute Gasteiger partial charge is 0.347 e. The third-order valence-electron chi connectivity index (χ3n) is 7.24. The summed E-state index contributed by atoms with van der Waals surface area (Å²) in [6, 6.07) is 23.0. The van der Waals surface area contributed by atoms with E-state index in [1.54, 1.807) is 31.7 Å². The zero-order valence-electron chi connectivity index (χ0n) is 27.2. The van der Waals surface area contributed by atoms with Crippen LogP contribution in [0.4, 0.5) is 5.82 Å². The standard InChI is InChI=1S/C35H35N5O7S2/c1-21-19-49-33-28(32(44)40(33)29(21)34(48)46-30(22-12-7-5-8-13-22)23-14-9-6-10-15-23)38-31(43)27(24-16-11-17-25(37-24)36-20-41)39-45-18-26(42)47-35(2,3)4/h5-17,20,28,30,33H,18-19H2,1-4H3,(H,38,43)(H,36,37,41)/t28?,33-/m1/s1. The minimum absolute atomic E-state index is 0.0346. The van der Waals surface area contributed by atoms with Crippen molar-refractivity contribution in [3.05, 3.63) is 107 Å². The summed E-state index contributed by atoms with van der Waals surface area (Å²) in [4.78, 5) is 61.6. The highest BCUT2D eigenvalue weighted by molar-refractivity contribution is 8.00. The van der Waals surface area contributed by atoms with E-state index in [1.165, 1.54) is 23.9 Å². The van der Waals surface area contributed by atoms with Crippen molar-refractivity contribution in [3.63, 3.8) is 0 Å². The zero-order valence-corrected chi connectivity index (χ0v) is 28.9. The van der Waals surface area contributed by atoms with Gasteiger partial charge >= 0.3 is 5.97 Å². The highest BCUT2D eigenvalue weighted by Crippen LogP contribution is 2.42. The molecule has 254 valence electrons. The third-order valence-corrected chi connectivity index (χ3v) is 8.95. The Morgan fingerprint density at radius 2 is 1.71 bits per heavy atom. The van der Waals surface area contributed by atoms with Crippen LogP contribution in [0.2, 0.25) is 0 Å². The lowest BCUT2D eigenvalue weighted by molar-refractivity contribution is -0.160. The number of amides is 3. The molecule has 2 aliphatic rings. The van der Waals surface area contributed by atoms with Crippen LogP contribution in [0.1, 0.15) is 50.6 Å². The van der Waals surface area contributed by atoms with Crippen LogP contribution in [0.25, 0.3) is 0 Å². The summed E-state index contributed by atoms with van der Waals surface area (Å²) in [7, 11) is 0. The Morgan fingerprint density at radius 3 is 2.33 bits per heavy atom. The van der Waals surface area contributed by atoms with Crippen molar-refractivity contribution < 1.29 is 33.5 Å². The first-order valence-corrected chi connectivity index (χ1v) is 16.8. The van der Waals surface area contributed by atoms with Gasteiger partial charge in [0, 0.05) is 5.75 Å². The number of carbonyl (C=O) groups is 4. The van der Waals surface area contributed by atoms with Crippen LogP contribution < -0.4 is 10.6 Å². The van der Waals surface area contributed by atoms with Crippen LogP contribution in [0.5, 0.6) is 0 Å². The molecule has 0 radical (unpaired) electrons. The fourth-order valence-corrected chi connectivity index (χ4v) is 6.81. The Morgan fingerprint density at radius 1 is 1.06 bits per heavy atom. The van der Waals surface area contributed by atoms with Gasteiger partial charge in [0.1, 0.15) is 34.6 Å². The maximum atomic E-state index is 13.7. The minimum atomic E-state index is -0.935. The van der Waals surface area contributed by atoms with Crippen LogP contribution in [-0.2, 0) is 33.5 Å². The molecule has 49 heavy (non-hydrogen) atoms. The summed E-state index contributed by atoms with van der Waals surface area (Å²) in [6.45, 7) is 6.43. The maximum Gasteiger partial charge on any atom is 0.347 e. The Bertz CT molecular complexity index is 1750. The van der Waals surface area contributed by atoms with Crippen LogP contribution >= 0.6 is 24.0 Å². The Kier molecular flexibility index (Phi) is 11.1. The van der Waals surface area contributed by atoms with Gasteiger partial charge in [-0.25, -0.2) is 9.78 Å². The van der Waals surface area contributed by atoms with Crippen molar-refractivity contribution in [1.82, 2.24) is 15.2 Å². The maximum absolute atomic E-state index is 13.7. The molecule has 12 nitrogen and oxygen atoms in total. The number of carbonyl (C=O) groups excluding carboxylic acids is 4. The van der Waals surface area contributed by atoms with Gasteiger partial charge in [-0.1, -0.05) is 71.9 Å². The summed E-state index contributed by atoms with van der Waals surface area (Å²) >= 11 is 7.30. The fourth-order valence-electron chi connectivity index (χ4n) is 5.15. The van der Waals surface area contributed by atoms with Gasteiger partial charge in [0.2, 0.25) is 18.1 Å². The topological polar surface area (TPSA) is 149 Å². The van der Waals surface area contributed by atoms with Gasteiger partial charge in [-0.3, -0.25) is 19.3 Å². The Balaban J connectivity index is 1.34. The number of rotatable bonds is 12. The van der Waals surface area contributed by atoms with Crippen LogP contribution in [0.3, 0.4) is 0 Å². The Labute approximate surface area is 293 Å². The molecule has 0 spiro atoms. The normalized spacial score (nSPS) is 17.4. The predicted octanol–water partition coefficient (Wildman–Crippen LogP) is 4.52. The number of aromatic nitrogens is 1. The lowest BCUT2D eigenvalue weighted by atomic mass is 10.0. The van der Waals surface area contributed by atoms with E-state index in [4.69, 9.17) is 26.5 Å². The number of hydrogen-bond acceptors (Lipinski definition) is 11. The first kappa shape index (κ1) is 35.2. The second-order valence-electron chi connectivity index (χ2n) is 12.1. The quantitative estimate of drug-likeness (QED) is 0.0690. The summed E-state index contributed by atoms with van der Waals surface area (Å²) in [6.07, 6.45) is -0.0703. The number of thioether (sulfide) groups is 1. The van der Waals surface area contributed by atoms with Crippen molar-refractivity contribution in [3.8, 4) is 0 Å². The molecule has 5 rings (SSSR count). The number of ether oxygens (including phenoxy) is 2. The molecule has 0 bridgehead atoms. The second-order valence-corrected chi connectivity index (χ2v) is 13.5. The SMILES string of the molecule is CC1=C(C(=S)OC(c2ccccc2)c2ccccc2)N2C(=O)C(NC(=O)C(=NOCC(=O)OC(C)(C)C)c3cccc(NC=O)n3)[C@H]2SC1. The van der Waals surface area contributed by atoms with Crippen molar-refractivity contribution in [2.24, 2.45) is 5.16 Å². The van der Waals surface area contributed by atoms with E-state index >= 15 is 0 Å². The van der Waals surface area contributed by atoms with Gasteiger partial charge < -0.3 is 24.9 Å². The number of oxime groups is 1. The number of nitrogens with one attached hydrogen (secondary N) is 2. The zero-order chi connectivity index (χ0) is 35.1. The number of anilines is 1. The summed E-state index contributed by atoms with van der Waals surface area (Å²) < 4.78 is 11.7. The average molecular weight is 702 g/mol. The third kappa shape index (κ3) is 8.51. The van der Waals surface area contributed by atoms with Crippen molar-refractivity contribution >= 4 is 64.8 Å². The molecule has 2 atom stereocenters. The van der Waals surface area contributed by atoms with Gasteiger partial charge in [0.15, 0.2) is 5.71 Å². The highest BCUT2D eigenvalue weighted by atomic mass is 32.2. The number of nitrogens with zero attached hydrogens (tertiary/aromatic N) is 3. The molecule has 14 heteroatoms. The molecule has 1 aromatic heterocycles. The van der Waals surface area contributed by atoms with E-state index in [0.717, 1.165) is 16.7 Å². The molecule has 1 unspecified atom stereocenters. The lowest BCUT2D eigenvalue weighted by Crippen LogP contribution is -2.71. The number of thiocarbonyl (C=S) groups is 1. The van der Waals surface area contributed by atoms with Crippen molar-refractivity contribution in [2.45, 2.75) is 50.8 Å². The van der Waals surface area contributed by atoms with Gasteiger partial charge in [-0.05, 0) is 68.7 Å². The molecule has 1 fully saturated rings. The van der Waals surface area contributed by atoms with Crippen LogP contribution in [0.15, 0.2) is 95.3 Å². The largest absolute Gasteiger partial charge is 0.469 e. The number of fused-ring (bicyclic) bond motifs is 1. The van der Waals surface area contributed by atoms with Gasteiger partial charge in [-0.15, -0.1) is 11.8 Å². The molecule has 3 heterocycles. The number of esters is 1. The van der Waals surface area contributed by atoms with E-state index in [1.807, 2.05) is 67.6 Å². The number of benzene rings is 2. The second kappa shape index (κ2) is 15.4. The first-order chi connectivity index (χ1) is 23.5. The number of hydrogen-bond donors (Lipinski definition) is 2. The van der Waals surface area contributed by atoms with Crippen LogP contribution in [-0.4, -0.2) is 74.2 Å². The Hall–Kier alpha value is -5.08. The van der Waals surface area contributed by atoms with Crippen LogP contribution in [0, 0.1) is 0 Å². The van der Waals surface area contributed by atoms with E-state index in [-0.39, 0.29) is 28.2 Å². The lowest BCUT2D eigenvalue weighted by Gasteiger charge is -2.50. The van der Waals surface area contributed by atoms with E-state index in [9.17, 15) is 19.2 Å². The van der Waals surface area contributed by atoms with Crippen molar-refractivity contribution in [1.29, 1.82) is 0 Å². The molecule has 0 aliphatic carbocycles. The molecule has 3 amide bonds. The number of β-lactam (4-membered cyclic amide) rings is 1. The molecule has 3 aromatic rings.